The molecule has 65 heavy (non-hydrogen) atoms. The molecule has 0 amide bonds. The number of carboxylic acid groups (broad SMARTS) is 1. The summed E-state index contributed by atoms with van der Waals surface area (Å²) < 4.78 is 22.5. The quantitative estimate of drug-likeness (QED) is 0.0195. The van der Waals surface area contributed by atoms with E-state index >= 15 is 0 Å². The highest BCUT2D eigenvalue weighted by atomic mass is 16.7. The number of unbranched alkanes of at least 4 members (excludes halogenated alkanes) is 11. The number of ether oxygens (including phenoxy) is 4. The minimum absolute atomic E-state index is 0.135. The van der Waals surface area contributed by atoms with E-state index in [4.69, 9.17) is 18.9 Å². The van der Waals surface area contributed by atoms with Gasteiger partial charge < -0.3 is 33.3 Å². The Kier molecular flexibility index (Phi) is 43.6. The lowest BCUT2D eigenvalue weighted by Gasteiger charge is -2.26. The maximum atomic E-state index is 12.8. The van der Waals surface area contributed by atoms with Crippen molar-refractivity contribution in [3.63, 3.8) is 0 Å². The molecular formula is C56H91NO8. The summed E-state index contributed by atoms with van der Waals surface area (Å²) in [5.41, 5.74) is 0. The van der Waals surface area contributed by atoms with Gasteiger partial charge in [-0.05, 0) is 96.3 Å². The molecule has 0 aromatic carbocycles. The van der Waals surface area contributed by atoms with Crippen LogP contribution in [0.1, 0.15) is 168 Å². The van der Waals surface area contributed by atoms with E-state index in [2.05, 4.69) is 123 Å². The van der Waals surface area contributed by atoms with Crippen LogP contribution in [0.3, 0.4) is 0 Å². The predicted octanol–water partition coefficient (Wildman–Crippen LogP) is 12.7. The molecule has 0 aliphatic rings. The standard InChI is InChI=1S/C56H91NO8/c1-6-8-10-12-14-16-18-20-21-22-23-24-25-26-27-28-29-30-31-32-33-35-37-39-41-43-45-47-54(59)65-52(51-64-56(55(60)61)62-49-48-57(3,4)5)50-63-53(58)46-44-42-40-38-36-34-19-17-15-13-11-9-7-2/h8,10-11,13-14,16-17,19-21,23-24,26-27,29-30,32-33,52,56H,6-7,9,12,15,18,22,25,28,31,34-51H2,1-5H3/b10-8-,13-11-,16-14-,19-17-,21-20-,24-23-,27-26-,30-29-,33-32-. The van der Waals surface area contributed by atoms with Crippen LogP contribution in [-0.2, 0) is 33.3 Å². The van der Waals surface area contributed by atoms with Gasteiger partial charge in [0.1, 0.15) is 13.2 Å². The fraction of sp³-hybridized carbons (Fsp3) is 0.625. The van der Waals surface area contributed by atoms with Gasteiger partial charge >= 0.3 is 11.9 Å². The van der Waals surface area contributed by atoms with Crippen LogP contribution in [0.25, 0.3) is 0 Å². The molecule has 368 valence electrons. The zero-order valence-electron chi connectivity index (χ0n) is 41.6. The second-order valence-corrected chi connectivity index (χ2v) is 17.4. The lowest BCUT2D eigenvalue weighted by atomic mass is 10.1. The fourth-order valence-corrected chi connectivity index (χ4v) is 6.14. The summed E-state index contributed by atoms with van der Waals surface area (Å²) in [6.45, 7) is 4.49. The number of likely N-dealkylation sites (N-methyl/N-ethyl adjacent to an activating group) is 1. The molecule has 0 N–H and O–H groups in total. The number of allylic oxidation sites excluding steroid dienone is 18. The third kappa shape index (κ3) is 47.7. The SMILES string of the molecule is CC/C=C\C/C=C\C/C=C\C/C=C\C/C=C\C/C=C\C/C=C\CCCCCCCC(=O)OC(COC(=O)CCCCCCC/C=C\C/C=C\CCC)COC(OCC[N+](C)(C)C)C(=O)[O-]. The van der Waals surface area contributed by atoms with Gasteiger partial charge in [0.2, 0.25) is 0 Å². The minimum Gasteiger partial charge on any atom is -0.545 e. The summed E-state index contributed by atoms with van der Waals surface area (Å²) in [4.78, 5) is 37.1. The molecule has 0 bridgehead atoms. The highest BCUT2D eigenvalue weighted by molar-refractivity contribution is 5.70. The van der Waals surface area contributed by atoms with Crippen molar-refractivity contribution in [2.24, 2.45) is 0 Å². The van der Waals surface area contributed by atoms with Crippen molar-refractivity contribution in [3.05, 3.63) is 109 Å². The van der Waals surface area contributed by atoms with E-state index in [9.17, 15) is 19.5 Å². The van der Waals surface area contributed by atoms with Crippen LogP contribution in [0.15, 0.2) is 109 Å². The van der Waals surface area contributed by atoms with Crippen LogP contribution in [0, 0.1) is 0 Å². The highest BCUT2D eigenvalue weighted by Gasteiger charge is 2.21. The van der Waals surface area contributed by atoms with Gasteiger partial charge in [0.15, 0.2) is 12.4 Å². The Balaban J connectivity index is 4.40. The van der Waals surface area contributed by atoms with Gasteiger partial charge in [0.05, 0.1) is 40.3 Å². The van der Waals surface area contributed by atoms with E-state index in [1.165, 1.54) is 6.42 Å². The molecule has 0 aromatic rings. The number of rotatable bonds is 44. The third-order valence-electron chi connectivity index (χ3n) is 9.99. The topological polar surface area (TPSA) is 111 Å². The summed E-state index contributed by atoms with van der Waals surface area (Å²) >= 11 is 0. The molecule has 9 nitrogen and oxygen atoms in total. The van der Waals surface area contributed by atoms with Crippen molar-refractivity contribution in [2.45, 2.75) is 180 Å². The second kappa shape index (κ2) is 46.5. The van der Waals surface area contributed by atoms with Gasteiger partial charge in [0, 0.05) is 12.8 Å². The average molecular weight is 906 g/mol. The molecule has 0 fully saturated rings. The number of esters is 2. The van der Waals surface area contributed by atoms with E-state index in [-0.39, 0.29) is 38.6 Å². The molecule has 2 unspecified atom stereocenters. The van der Waals surface area contributed by atoms with E-state index < -0.39 is 24.3 Å². The first-order valence-corrected chi connectivity index (χ1v) is 25.0. The molecule has 0 aliphatic heterocycles. The number of hydrogen-bond acceptors (Lipinski definition) is 8. The molecule has 0 saturated heterocycles. The zero-order chi connectivity index (χ0) is 47.7. The number of hydrogen-bond donors (Lipinski definition) is 0. The molecule has 0 heterocycles. The van der Waals surface area contributed by atoms with E-state index in [1.54, 1.807) is 0 Å². The smallest absolute Gasteiger partial charge is 0.306 e. The first kappa shape index (κ1) is 60.9. The Labute approximate surface area is 396 Å². The second-order valence-electron chi connectivity index (χ2n) is 17.4. The molecule has 0 radical (unpaired) electrons. The number of carbonyl (C=O) groups excluding carboxylic acids is 3. The van der Waals surface area contributed by atoms with Gasteiger partial charge in [-0.25, -0.2) is 0 Å². The molecule has 0 aliphatic carbocycles. The van der Waals surface area contributed by atoms with Crippen LogP contribution in [0.2, 0.25) is 0 Å². The van der Waals surface area contributed by atoms with E-state index in [0.29, 0.717) is 23.9 Å². The van der Waals surface area contributed by atoms with Crippen LogP contribution in [-0.4, -0.2) is 82.3 Å². The molecular weight excluding hydrogens is 815 g/mol. The molecule has 0 rings (SSSR count). The molecule has 0 saturated carbocycles. The maximum absolute atomic E-state index is 12.8. The first-order valence-electron chi connectivity index (χ1n) is 25.0. The zero-order valence-corrected chi connectivity index (χ0v) is 41.6. The van der Waals surface area contributed by atoms with E-state index in [0.717, 1.165) is 122 Å². The van der Waals surface area contributed by atoms with Crippen molar-refractivity contribution in [1.29, 1.82) is 0 Å². The van der Waals surface area contributed by atoms with Crippen molar-refractivity contribution in [3.8, 4) is 0 Å². The van der Waals surface area contributed by atoms with Gasteiger partial charge in [0.25, 0.3) is 0 Å². The Hall–Kier alpha value is -4.05. The number of aliphatic carboxylic acids is 1. The predicted molar refractivity (Wildman–Crippen MR) is 269 cm³/mol. The summed E-state index contributed by atoms with van der Waals surface area (Å²) in [5, 5.41) is 11.7. The Morgan fingerprint density at radius 3 is 1.31 bits per heavy atom. The summed E-state index contributed by atoms with van der Waals surface area (Å²) in [6, 6.07) is 0. The molecule has 9 heteroatoms. The van der Waals surface area contributed by atoms with Gasteiger partial charge in [-0.15, -0.1) is 0 Å². The Morgan fingerprint density at radius 1 is 0.477 bits per heavy atom. The lowest BCUT2D eigenvalue weighted by Crippen LogP contribution is -2.44. The number of nitrogens with zero attached hydrogens (tertiary/aromatic N) is 1. The van der Waals surface area contributed by atoms with Crippen LogP contribution in [0.4, 0.5) is 0 Å². The summed E-state index contributed by atoms with van der Waals surface area (Å²) in [5.74, 6) is -2.35. The van der Waals surface area contributed by atoms with Crippen LogP contribution < -0.4 is 5.11 Å². The number of carboxylic acids is 1. The van der Waals surface area contributed by atoms with Crippen molar-refractivity contribution < 1.29 is 42.9 Å². The van der Waals surface area contributed by atoms with Crippen molar-refractivity contribution >= 4 is 17.9 Å². The normalized spacial score (nSPS) is 13.8. The average Bonchev–Trinajstić information content (AvgIpc) is 3.27. The minimum atomic E-state index is -1.64. The van der Waals surface area contributed by atoms with Crippen molar-refractivity contribution in [2.75, 3.05) is 47.5 Å². The monoisotopic (exact) mass is 906 g/mol. The molecule has 0 aromatic heterocycles. The lowest BCUT2D eigenvalue weighted by molar-refractivity contribution is -0.870. The summed E-state index contributed by atoms with van der Waals surface area (Å²) in [7, 11) is 5.89. The largest absolute Gasteiger partial charge is 0.545 e. The Morgan fingerprint density at radius 2 is 0.877 bits per heavy atom. The van der Waals surface area contributed by atoms with Gasteiger partial charge in [-0.1, -0.05) is 168 Å². The van der Waals surface area contributed by atoms with Crippen molar-refractivity contribution in [1.82, 2.24) is 0 Å². The molecule has 0 spiro atoms. The molecule has 2 atom stereocenters. The van der Waals surface area contributed by atoms with Crippen LogP contribution in [0.5, 0.6) is 0 Å². The van der Waals surface area contributed by atoms with E-state index in [1.807, 2.05) is 21.1 Å². The van der Waals surface area contributed by atoms with Gasteiger partial charge in [-0.2, -0.15) is 0 Å². The summed E-state index contributed by atoms with van der Waals surface area (Å²) in [6.07, 6.45) is 59.8. The number of quaternary nitrogens is 1. The van der Waals surface area contributed by atoms with Gasteiger partial charge in [-0.3, -0.25) is 9.59 Å². The first-order chi connectivity index (χ1) is 31.6. The Bertz CT molecular complexity index is 1430. The maximum Gasteiger partial charge on any atom is 0.306 e. The van der Waals surface area contributed by atoms with Crippen LogP contribution >= 0.6 is 0 Å². The third-order valence-corrected chi connectivity index (χ3v) is 9.99. The highest BCUT2D eigenvalue weighted by Crippen LogP contribution is 2.12. The fourth-order valence-electron chi connectivity index (χ4n) is 6.14. The number of carbonyl (C=O) groups is 3.